The molecule has 0 radical (unpaired) electrons. The highest BCUT2D eigenvalue weighted by molar-refractivity contribution is 7.99. The van der Waals surface area contributed by atoms with E-state index < -0.39 is 5.97 Å². The first-order valence-corrected chi connectivity index (χ1v) is 7.84. The van der Waals surface area contributed by atoms with Crippen molar-refractivity contribution >= 4 is 11.8 Å². The second-order valence-corrected chi connectivity index (χ2v) is 5.06. The van der Waals surface area contributed by atoms with E-state index in [2.05, 4.69) is 12.1 Å². The summed E-state index contributed by atoms with van der Waals surface area (Å²) in [6.45, 7) is 7.60. The lowest BCUT2D eigenvalue weighted by molar-refractivity contribution is -0.377. The van der Waals surface area contributed by atoms with Crippen LogP contribution in [0.2, 0.25) is 0 Å². The van der Waals surface area contributed by atoms with Gasteiger partial charge in [-0.25, -0.2) is 0 Å². The number of ether oxygens (including phenoxy) is 3. The maximum Gasteiger partial charge on any atom is 0.283 e. The van der Waals surface area contributed by atoms with Crippen molar-refractivity contribution in [3.05, 3.63) is 30.3 Å². The van der Waals surface area contributed by atoms with E-state index in [9.17, 15) is 0 Å². The molecule has 0 heterocycles. The first kappa shape index (κ1) is 16.5. The van der Waals surface area contributed by atoms with Gasteiger partial charge < -0.3 is 14.2 Å². The van der Waals surface area contributed by atoms with Gasteiger partial charge in [-0.1, -0.05) is 18.2 Å². The average Bonchev–Trinajstić information content (AvgIpc) is 2.41. The monoisotopic (exact) mass is 284 g/mol. The zero-order valence-corrected chi connectivity index (χ0v) is 12.9. The van der Waals surface area contributed by atoms with Crippen LogP contribution in [0, 0.1) is 0 Å². The van der Waals surface area contributed by atoms with E-state index in [0.717, 1.165) is 5.75 Å². The third kappa shape index (κ3) is 5.95. The molecule has 0 spiro atoms. The van der Waals surface area contributed by atoms with E-state index in [1.54, 1.807) is 11.8 Å². The predicted octanol–water partition coefficient (Wildman–Crippen LogP) is 3.93. The summed E-state index contributed by atoms with van der Waals surface area (Å²) in [6, 6.07) is 10.3. The summed E-state index contributed by atoms with van der Waals surface area (Å²) in [4.78, 5) is 1.25. The Balaban J connectivity index is 2.51. The topological polar surface area (TPSA) is 27.7 Å². The quantitative estimate of drug-likeness (QED) is 0.480. The van der Waals surface area contributed by atoms with Gasteiger partial charge in [-0.15, -0.1) is 11.8 Å². The van der Waals surface area contributed by atoms with Gasteiger partial charge >= 0.3 is 0 Å². The van der Waals surface area contributed by atoms with Crippen LogP contribution in [0.25, 0.3) is 0 Å². The third-order valence-corrected chi connectivity index (χ3v) is 3.53. The van der Waals surface area contributed by atoms with E-state index in [4.69, 9.17) is 14.2 Å². The summed E-state index contributed by atoms with van der Waals surface area (Å²) in [5, 5.41) is 0. The normalized spacial score (nSPS) is 11.7. The molecule has 1 aromatic rings. The van der Waals surface area contributed by atoms with E-state index in [0.29, 0.717) is 26.2 Å². The van der Waals surface area contributed by atoms with Crippen LogP contribution in [0.3, 0.4) is 0 Å². The summed E-state index contributed by atoms with van der Waals surface area (Å²) in [5.41, 5.74) is 0. The summed E-state index contributed by atoms with van der Waals surface area (Å²) in [5.74, 6) is 0.00401. The fourth-order valence-electron chi connectivity index (χ4n) is 1.81. The molecular weight excluding hydrogens is 260 g/mol. The second kappa shape index (κ2) is 9.37. The first-order valence-electron chi connectivity index (χ1n) is 6.86. The van der Waals surface area contributed by atoms with Crippen LogP contribution in [-0.2, 0) is 14.2 Å². The lowest BCUT2D eigenvalue weighted by Gasteiger charge is -2.32. The van der Waals surface area contributed by atoms with Crippen molar-refractivity contribution in [2.24, 2.45) is 0 Å². The van der Waals surface area contributed by atoms with Gasteiger partial charge in [0.2, 0.25) is 0 Å². The molecule has 1 rings (SSSR count). The lowest BCUT2D eigenvalue weighted by atomic mass is 10.4. The number of benzene rings is 1. The van der Waals surface area contributed by atoms with E-state index in [-0.39, 0.29) is 0 Å². The molecular formula is C15H24O3S. The molecule has 0 fully saturated rings. The van der Waals surface area contributed by atoms with Crippen molar-refractivity contribution in [1.82, 2.24) is 0 Å². The Labute approximate surface area is 120 Å². The third-order valence-electron chi connectivity index (χ3n) is 2.51. The molecule has 0 aliphatic heterocycles. The number of thioether (sulfide) groups is 1. The average molecular weight is 284 g/mol. The Morgan fingerprint density at radius 2 is 1.42 bits per heavy atom. The molecule has 0 aliphatic carbocycles. The summed E-state index contributed by atoms with van der Waals surface area (Å²) in [6.07, 6.45) is 0.710. The van der Waals surface area contributed by atoms with Gasteiger partial charge in [0.25, 0.3) is 5.97 Å². The Morgan fingerprint density at radius 1 is 0.895 bits per heavy atom. The van der Waals surface area contributed by atoms with Crippen molar-refractivity contribution in [2.75, 3.05) is 25.6 Å². The first-order chi connectivity index (χ1) is 9.26. The number of rotatable bonds is 10. The van der Waals surface area contributed by atoms with Crippen molar-refractivity contribution in [3.63, 3.8) is 0 Å². The minimum Gasteiger partial charge on any atom is -0.328 e. The van der Waals surface area contributed by atoms with Gasteiger partial charge in [-0.2, -0.15) is 0 Å². The van der Waals surface area contributed by atoms with Crippen LogP contribution >= 0.6 is 11.8 Å². The Morgan fingerprint density at radius 3 is 1.89 bits per heavy atom. The van der Waals surface area contributed by atoms with E-state index in [1.165, 1.54) is 4.90 Å². The van der Waals surface area contributed by atoms with Gasteiger partial charge in [0.05, 0.1) is 0 Å². The molecule has 0 N–H and O–H groups in total. The maximum absolute atomic E-state index is 5.69. The van der Waals surface area contributed by atoms with Crippen molar-refractivity contribution < 1.29 is 14.2 Å². The minimum absolute atomic E-state index is 0.579. The zero-order valence-electron chi connectivity index (χ0n) is 12.1. The molecule has 0 aromatic heterocycles. The van der Waals surface area contributed by atoms with Crippen LogP contribution in [0.1, 0.15) is 27.2 Å². The highest BCUT2D eigenvalue weighted by Gasteiger charge is 2.31. The van der Waals surface area contributed by atoms with Gasteiger partial charge in [-0.3, -0.25) is 0 Å². The molecule has 0 aliphatic rings. The Hall–Kier alpha value is -0.550. The van der Waals surface area contributed by atoms with Crippen molar-refractivity contribution in [3.8, 4) is 0 Å². The molecule has 0 saturated heterocycles. The zero-order chi connectivity index (χ0) is 14.0. The fraction of sp³-hybridized carbons (Fsp3) is 0.600. The van der Waals surface area contributed by atoms with Crippen LogP contribution in [-0.4, -0.2) is 31.5 Å². The van der Waals surface area contributed by atoms with Crippen molar-refractivity contribution in [1.29, 1.82) is 0 Å². The molecule has 0 saturated carbocycles. The SMILES string of the molecule is CCOC(CCSc1ccccc1)(OCC)OCC. The Kier molecular flexibility index (Phi) is 8.14. The van der Waals surface area contributed by atoms with Crippen LogP contribution in [0.15, 0.2) is 35.2 Å². The molecule has 1 aromatic carbocycles. The fourth-order valence-corrected chi connectivity index (χ4v) is 2.75. The molecule has 0 bridgehead atoms. The molecule has 0 amide bonds. The van der Waals surface area contributed by atoms with Crippen LogP contribution < -0.4 is 0 Å². The summed E-state index contributed by atoms with van der Waals surface area (Å²) < 4.78 is 17.1. The van der Waals surface area contributed by atoms with Crippen LogP contribution in [0.4, 0.5) is 0 Å². The smallest absolute Gasteiger partial charge is 0.283 e. The lowest BCUT2D eigenvalue weighted by Crippen LogP contribution is -2.40. The van der Waals surface area contributed by atoms with Crippen LogP contribution in [0.5, 0.6) is 0 Å². The van der Waals surface area contributed by atoms with Gasteiger partial charge in [-0.05, 0) is 32.9 Å². The van der Waals surface area contributed by atoms with Crippen molar-refractivity contribution in [2.45, 2.75) is 38.1 Å². The van der Waals surface area contributed by atoms with Gasteiger partial charge in [0.1, 0.15) is 0 Å². The predicted molar refractivity (Wildman–Crippen MR) is 79.4 cm³/mol. The second-order valence-electron chi connectivity index (χ2n) is 3.89. The van der Waals surface area contributed by atoms with Gasteiger partial charge in [0.15, 0.2) is 0 Å². The summed E-state index contributed by atoms with van der Waals surface area (Å²) >= 11 is 1.78. The largest absolute Gasteiger partial charge is 0.328 e. The summed E-state index contributed by atoms with van der Waals surface area (Å²) in [7, 11) is 0. The maximum atomic E-state index is 5.69. The highest BCUT2D eigenvalue weighted by Crippen LogP contribution is 2.26. The minimum atomic E-state index is -0.889. The molecule has 0 atom stereocenters. The standard InChI is InChI=1S/C15H24O3S/c1-4-16-15(17-5-2,18-6-3)12-13-19-14-10-8-7-9-11-14/h7-11H,4-6,12-13H2,1-3H3. The Bertz CT molecular complexity index is 312. The number of hydrogen-bond acceptors (Lipinski definition) is 4. The molecule has 3 nitrogen and oxygen atoms in total. The molecule has 4 heteroatoms. The molecule has 0 unspecified atom stereocenters. The van der Waals surface area contributed by atoms with Gasteiger partial charge in [0, 0.05) is 36.9 Å². The molecule has 19 heavy (non-hydrogen) atoms. The van der Waals surface area contributed by atoms with E-state index >= 15 is 0 Å². The molecule has 108 valence electrons. The van der Waals surface area contributed by atoms with E-state index in [1.807, 2.05) is 39.0 Å². The number of hydrogen-bond donors (Lipinski definition) is 0. The highest BCUT2D eigenvalue weighted by atomic mass is 32.2.